The molecule has 0 spiro atoms. The number of nitrogens with one attached hydrogen (secondary N) is 1. The summed E-state index contributed by atoms with van der Waals surface area (Å²) in [7, 11) is -2.90. The SMILES string of the molecule is CCc1ccc(CNC(C)CS(C)(=O)=O)cc1. The lowest BCUT2D eigenvalue weighted by molar-refractivity contribution is 0.560. The number of hydrogen-bond donors (Lipinski definition) is 1. The fraction of sp³-hybridized carbons (Fsp3) is 0.538. The fourth-order valence-electron chi connectivity index (χ4n) is 1.70. The predicted molar refractivity (Wildman–Crippen MR) is 71.8 cm³/mol. The zero-order valence-corrected chi connectivity index (χ0v) is 11.5. The van der Waals surface area contributed by atoms with Crippen LogP contribution in [0.1, 0.15) is 25.0 Å². The van der Waals surface area contributed by atoms with Crippen LogP contribution in [0.2, 0.25) is 0 Å². The first kappa shape index (κ1) is 14.2. The van der Waals surface area contributed by atoms with Crippen LogP contribution >= 0.6 is 0 Å². The summed E-state index contributed by atoms with van der Waals surface area (Å²) in [4.78, 5) is 0. The lowest BCUT2D eigenvalue weighted by Crippen LogP contribution is -2.32. The second kappa shape index (κ2) is 6.17. The number of sulfone groups is 1. The maximum Gasteiger partial charge on any atom is 0.148 e. The fourth-order valence-corrected chi connectivity index (χ4v) is 2.72. The summed E-state index contributed by atoms with van der Waals surface area (Å²) >= 11 is 0. The van der Waals surface area contributed by atoms with Gasteiger partial charge in [0, 0.05) is 18.8 Å². The van der Waals surface area contributed by atoms with Crippen molar-refractivity contribution in [2.75, 3.05) is 12.0 Å². The van der Waals surface area contributed by atoms with E-state index in [9.17, 15) is 8.42 Å². The molecule has 0 amide bonds. The summed E-state index contributed by atoms with van der Waals surface area (Å²) in [5.74, 6) is 0.181. The van der Waals surface area contributed by atoms with Crippen LogP contribution in [0.3, 0.4) is 0 Å². The van der Waals surface area contributed by atoms with Crippen LogP contribution in [-0.4, -0.2) is 26.5 Å². The van der Waals surface area contributed by atoms with Crippen LogP contribution in [-0.2, 0) is 22.8 Å². The Labute approximate surface area is 104 Å². The van der Waals surface area contributed by atoms with Gasteiger partial charge in [-0.25, -0.2) is 8.42 Å². The van der Waals surface area contributed by atoms with Gasteiger partial charge in [-0.1, -0.05) is 31.2 Å². The summed E-state index contributed by atoms with van der Waals surface area (Å²) in [6, 6.07) is 8.37. The molecule has 0 saturated heterocycles. The van der Waals surface area contributed by atoms with Crippen LogP contribution < -0.4 is 5.32 Å². The largest absolute Gasteiger partial charge is 0.309 e. The second-order valence-corrected chi connectivity index (χ2v) is 6.73. The van der Waals surface area contributed by atoms with E-state index in [1.807, 2.05) is 6.92 Å². The van der Waals surface area contributed by atoms with Gasteiger partial charge in [-0.15, -0.1) is 0 Å². The van der Waals surface area contributed by atoms with E-state index in [0.717, 1.165) is 6.42 Å². The Morgan fingerprint density at radius 2 is 1.71 bits per heavy atom. The van der Waals surface area contributed by atoms with Gasteiger partial charge < -0.3 is 5.32 Å². The van der Waals surface area contributed by atoms with E-state index >= 15 is 0 Å². The molecule has 4 heteroatoms. The molecule has 1 unspecified atom stereocenters. The summed E-state index contributed by atoms with van der Waals surface area (Å²) in [5, 5.41) is 3.21. The van der Waals surface area contributed by atoms with E-state index in [-0.39, 0.29) is 11.8 Å². The molecule has 1 N–H and O–H groups in total. The third-order valence-corrected chi connectivity index (χ3v) is 3.74. The van der Waals surface area contributed by atoms with Crippen molar-refractivity contribution in [1.82, 2.24) is 5.32 Å². The number of aryl methyl sites for hydroxylation is 1. The molecule has 0 aromatic heterocycles. The van der Waals surface area contributed by atoms with E-state index in [1.54, 1.807) is 0 Å². The van der Waals surface area contributed by atoms with Crippen molar-refractivity contribution in [3.8, 4) is 0 Å². The summed E-state index contributed by atoms with van der Waals surface area (Å²) < 4.78 is 22.2. The van der Waals surface area contributed by atoms with Crippen LogP contribution in [0.4, 0.5) is 0 Å². The molecule has 0 fully saturated rings. The van der Waals surface area contributed by atoms with Gasteiger partial charge in [0.2, 0.25) is 0 Å². The monoisotopic (exact) mass is 255 g/mol. The first-order valence-electron chi connectivity index (χ1n) is 5.89. The van der Waals surface area contributed by atoms with Gasteiger partial charge in [0.05, 0.1) is 5.75 Å². The highest BCUT2D eigenvalue weighted by Gasteiger charge is 2.09. The maximum atomic E-state index is 11.1. The molecule has 0 aliphatic carbocycles. The molecule has 96 valence electrons. The smallest absolute Gasteiger partial charge is 0.148 e. The Morgan fingerprint density at radius 1 is 1.18 bits per heavy atom. The molecule has 0 bridgehead atoms. The minimum Gasteiger partial charge on any atom is -0.309 e. The minimum absolute atomic E-state index is 0.0177. The first-order valence-corrected chi connectivity index (χ1v) is 7.95. The van der Waals surface area contributed by atoms with Gasteiger partial charge in [-0.2, -0.15) is 0 Å². The Morgan fingerprint density at radius 3 is 2.18 bits per heavy atom. The molecule has 0 saturated carbocycles. The molecule has 1 atom stereocenters. The molecule has 0 aliphatic heterocycles. The first-order chi connectivity index (χ1) is 7.90. The molecule has 0 aliphatic rings. The average Bonchev–Trinajstić information content (AvgIpc) is 2.25. The van der Waals surface area contributed by atoms with Gasteiger partial charge in [-0.05, 0) is 24.5 Å². The lowest BCUT2D eigenvalue weighted by atomic mass is 10.1. The van der Waals surface area contributed by atoms with Crippen molar-refractivity contribution in [2.24, 2.45) is 0 Å². The highest BCUT2D eigenvalue weighted by Crippen LogP contribution is 2.05. The molecule has 1 rings (SSSR count). The van der Waals surface area contributed by atoms with Crippen molar-refractivity contribution >= 4 is 9.84 Å². The zero-order chi connectivity index (χ0) is 12.9. The van der Waals surface area contributed by atoms with Gasteiger partial charge in [-0.3, -0.25) is 0 Å². The molecule has 3 nitrogen and oxygen atoms in total. The summed E-state index contributed by atoms with van der Waals surface area (Å²) in [6.07, 6.45) is 2.30. The lowest BCUT2D eigenvalue weighted by Gasteiger charge is -2.12. The number of rotatable bonds is 6. The van der Waals surface area contributed by atoms with E-state index in [0.29, 0.717) is 6.54 Å². The number of hydrogen-bond acceptors (Lipinski definition) is 3. The predicted octanol–water partition coefficient (Wildman–Crippen LogP) is 1.77. The second-order valence-electron chi connectivity index (χ2n) is 4.54. The van der Waals surface area contributed by atoms with Gasteiger partial charge >= 0.3 is 0 Å². The average molecular weight is 255 g/mol. The van der Waals surface area contributed by atoms with Crippen molar-refractivity contribution < 1.29 is 8.42 Å². The molecule has 1 aromatic carbocycles. The highest BCUT2D eigenvalue weighted by molar-refractivity contribution is 7.90. The van der Waals surface area contributed by atoms with Crippen molar-refractivity contribution in [2.45, 2.75) is 32.9 Å². The molecular formula is C13H21NO2S. The van der Waals surface area contributed by atoms with Crippen molar-refractivity contribution in [3.05, 3.63) is 35.4 Å². The molecule has 0 heterocycles. The summed E-state index contributed by atoms with van der Waals surface area (Å²) in [6.45, 7) is 4.73. The van der Waals surface area contributed by atoms with E-state index < -0.39 is 9.84 Å². The topological polar surface area (TPSA) is 46.2 Å². The Hall–Kier alpha value is -0.870. The number of benzene rings is 1. The van der Waals surface area contributed by atoms with E-state index in [2.05, 4.69) is 36.5 Å². The Bertz CT molecular complexity index is 437. The standard InChI is InChI=1S/C13H21NO2S/c1-4-12-5-7-13(8-6-12)9-14-11(2)10-17(3,15)16/h5-8,11,14H,4,9-10H2,1-3H3. The van der Waals surface area contributed by atoms with E-state index in [4.69, 9.17) is 0 Å². The van der Waals surface area contributed by atoms with Crippen LogP contribution in [0.15, 0.2) is 24.3 Å². The molecule has 1 aromatic rings. The van der Waals surface area contributed by atoms with Crippen LogP contribution in [0.25, 0.3) is 0 Å². The minimum atomic E-state index is -2.90. The van der Waals surface area contributed by atoms with E-state index in [1.165, 1.54) is 17.4 Å². The quantitative estimate of drug-likeness (QED) is 0.842. The molecular weight excluding hydrogens is 234 g/mol. The zero-order valence-electron chi connectivity index (χ0n) is 10.7. The van der Waals surface area contributed by atoms with Crippen molar-refractivity contribution in [3.63, 3.8) is 0 Å². The van der Waals surface area contributed by atoms with Gasteiger partial charge in [0.25, 0.3) is 0 Å². The summed E-state index contributed by atoms with van der Waals surface area (Å²) in [5.41, 5.74) is 2.50. The Kier molecular flexibility index (Phi) is 5.15. The van der Waals surface area contributed by atoms with Gasteiger partial charge in [0.15, 0.2) is 0 Å². The van der Waals surface area contributed by atoms with Gasteiger partial charge in [0.1, 0.15) is 9.84 Å². The maximum absolute atomic E-state index is 11.1. The molecule has 17 heavy (non-hydrogen) atoms. The third kappa shape index (κ3) is 5.84. The Balaban J connectivity index is 2.44. The van der Waals surface area contributed by atoms with Crippen molar-refractivity contribution in [1.29, 1.82) is 0 Å². The third-order valence-electron chi connectivity index (χ3n) is 2.64. The normalized spacial score (nSPS) is 13.6. The van der Waals surface area contributed by atoms with Crippen LogP contribution in [0, 0.1) is 0 Å². The highest BCUT2D eigenvalue weighted by atomic mass is 32.2. The molecule has 0 radical (unpaired) electrons. The van der Waals surface area contributed by atoms with Crippen LogP contribution in [0.5, 0.6) is 0 Å².